The SMILES string of the molecule is COc1ccc(Cl)cc1N=C1NC(=O)/C(=C/c2ccc(N(C)C)cc2)S1. The molecule has 26 heavy (non-hydrogen) atoms. The van der Waals surface area contributed by atoms with E-state index in [4.69, 9.17) is 16.3 Å². The minimum absolute atomic E-state index is 0.175. The fraction of sp³-hybridized carbons (Fsp3) is 0.158. The molecule has 0 unspecified atom stereocenters. The average Bonchev–Trinajstić information content (AvgIpc) is 2.95. The molecule has 2 aromatic carbocycles. The van der Waals surface area contributed by atoms with Crippen LogP contribution in [-0.2, 0) is 4.79 Å². The van der Waals surface area contributed by atoms with Crippen molar-refractivity contribution in [2.75, 3.05) is 26.1 Å². The second-order valence-corrected chi connectivity index (χ2v) is 7.25. The van der Waals surface area contributed by atoms with E-state index in [2.05, 4.69) is 10.3 Å². The number of nitrogens with zero attached hydrogens (tertiary/aromatic N) is 2. The first kappa shape index (κ1) is 18.4. The average molecular weight is 388 g/mol. The molecule has 0 aliphatic carbocycles. The summed E-state index contributed by atoms with van der Waals surface area (Å²) in [6, 6.07) is 13.1. The van der Waals surface area contributed by atoms with E-state index in [9.17, 15) is 4.79 Å². The number of aliphatic imine (C=N–C) groups is 1. The highest BCUT2D eigenvalue weighted by atomic mass is 35.5. The van der Waals surface area contributed by atoms with Gasteiger partial charge in [-0.3, -0.25) is 4.79 Å². The summed E-state index contributed by atoms with van der Waals surface area (Å²) in [5, 5.41) is 3.82. The monoisotopic (exact) mass is 387 g/mol. The number of hydrogen-bond acceptors (Lipinski definition) is 5. The van der Waals surface area contributed by atoms with Crippen molar-refractivity contribution in [2.24, 2.45) is 4.99 Å². The van der Waals surface area contributed by atoms with Crippen LogP contribution in [0.4, 0.5) is 11.4 Å². The van der Waals surface area contributed by atoms with Gasteiger partial charge in [-0.25, -0.2) is 4.99 Å². The molecule has 0 aromatic heterocycles. The van der Waals surface area contributed by atoms with Crippen molar-refractivity contribution in [3.63, 3.8) is 0 Å². The molecule has 5 nitrogen and oxygen atoms in total. The number of thioether (sulfide) groups is 1. The Morgan fingerprint density at radius 2 is 1.92 bits per heavy atom. The zero-order valence-corrected chi connectivity index (χ0v) is 16.2. The third-order valence-corrected chi connectivity index (χ3v) is 4.87. The number of nitrogens with one attached hydrogen (secondary N) is 1. The van der Waals surface area contributed by atoms with Gasteiger partial charge in [-0.15, -0.1) is 0 Å². The zero-order valence-electron chi connectivity index (χ0n) is 14.6. The normalized spacial score (nSPS) is 16.8. The van der Waals surface area contributed by atoms with Crippen LogP contribution >= 0.6 is 23.4 Å². The van der Waals surface area contributed by atoms with Gasteiger partial charge < -0.3 is 15.0 Å². The minimum atomic E-state index is -0.175. The van der Waals surface area contributed by atoms with Crippen molar-refractivity contribution in [1.82, 2.24) is 5.32 Å². The largest absolute Gasteiger partial charge is 0.494 e. The number of hydrogen-bond donors (Lipinski definition) is 1. The Bertz CT molecular complexity index is 892. The van der Waals surface area contributed by atoms with Crippen LogP contribution in [0.5, 0.6) is 5.75 Å². The first-order valence-corrected chi connectivity index (χ1v) is 9.06. The summed E-state index contributed by atoms with van der Waals surface area (Å²) < 4.78 is 5.28. The topological polar surface area (TPSA) is 53.9 Å². The van der Waals surface area contributed by atoms with E-state index < -0.39 is 0 Å². The Morgan fingerprint density at radius 3 is 2.58 bits per heavy atom. The van der Waals surface area contributed by atoms with E-state index in [1.54, 1.807) is 25.3 Å². The molecule has 7 heteroatoms. The van der Waals surface area contributed by atoms with Crippen molar-refractivity contribution in [2.45, 2.75) is 0 Å². The van der Waals surface area contributed by atoms with E-state index in [1.807, 2.05) is 49.3 Å². The maximum absolute atomic E-state index is 12.2. The molecular formula is C19H18ClN3O2S. The maximum Gasteiger partial charge on any atom is 0.264 e. The molecule has 0 bridgehead atoms. The lowest BCUT2D eigenvalue weighted by molar-refractivity contribution is -0.115. The van der Waals surface area contributed by atoms with Gasteiger partial charge in [-0.05, 0) is 53.7 Å². The van der Waals surface area contributed by atoms with Crippen LogP contribution in [-0.4, -0.2) is 32.3 Å². The quantitative estimate of drug-likeness (QED) is 0.794. The van der Waals surface area contributed by atoms with Gasteiger partial charge in [0.25, 0.3) is 5.91 Å². The highest BCUT2D eigenvalue weighted by Gasteiger charge is 2.24. The first-order chi connectivity index (χ1) is 12.5. The summed E-state index contributed by atoms with van der Waals surface area (Å²) in [5.41, 5.74) is 2.63. The van der Waals surface area contributed by atoms with Crippen LogP contribution in [0.3, 0.4) is 0 Å². The summed E-state index contributed by atoms with van der Waals surface area (Å²) in [4.78, 5) is 19.3. The Hall–Kier alpha value is -2.44. The number of benzene rings is 2. The highest BCUT2D eigenvalue weighted by Crippen LogP contribution is 2.34. The third-order valence-electron chi connectivity index (χ3n) is 3.72. The molecule has 1 fully saturated rings. The van der Waals surface area contributed by atoms with Gasteiger partial charge in [-0.2, -0.15) is 0 Å². The van der Waals surface area contributed by atoms with Crippen LogP contribution in [0.15, 0.2) is 52.4 Å². The Labute approximate surface area is 161 Å². The zero-order chi connectivity index (χ0) is 18.7. The van der Waals surface area contributed by atoms with Gasteiger partial charge in [0.15, 0.2) is 5.17 Å². The van der Waals surface area contributed by atoms with Crippen LogP contribution in [0.2, 0.25) is 5.02 Å². The van der Waals surface area contributed by atoms with Gasteiger partial charge in [0, 0.05) is 24.8 Å². The molecule has 3 rings (SSSR count). The predicted octanol–water partition coefficient (Wildman–Crippen LogP) is 4.31. The first-order valence-electron chi connectivity index (χ1n) is 7.87. The van der Waals surface area contributed by atoms with Gasteiger partial charge >= 0.3 is 0 Å². The molecule has 1 aliphatic rings. The Balaban J connectivity index is 1.83. The lowest BCUT2D eigenvalue weighted by Gasteiger charge is -2.11. The third kappa shape index (κ3) is 4.20. The molecule has 1 amide bonds. The van der Waals surface area contributed by atoms with E-state index in [0.29, 0.717) is 26.5 Å². The molecular weight excluding hydrogens is 370 g/mol. The fourth-order valence-corrected chi connectivity index (χ4v) is 3.36. The second-order valence-electron chi connectivity index (χ2n) is 5.78. The molecule has 2 aromatic rings. The van der Waals surface area contributed by atoms with Crippen LogP contribution < -0.4 is 15.0 Å². The molecule has 0 atom stereocenters. The summed E-state index contributed by atoms with van der Waals surface area (Å²) in [5.74, 6) is 0.417. The lowest BCUT2D eigenvalue weighted by atomic mass is 10.2. The van der Waals surface area contributed by atoms with Crippen LogP contribution in [0.25, 0.3) is 6.08 Å². The number of ether oxygens (including phenoxy) is 1. The molecule has 1 N–H and O–H groups in total. The van der Waals surface area contributed by atoms with Crippen LogP contribution in [0, 0.1) is 0 Å². The number of halogens is 1. The van der Waals surface area contributed by atoms with Crippen molar-refractivity contribution >= 4 is 51.9 Å². The van der Waals surface area contributed by atoms with Crippen molar-refractivity contribution in [3.05, 3.63) is 58.0 Å². The highest BCUT2D eigenvalue weighted by molar-refractivity contribution is 8.18. The number of rotatable bonds is 4. The number of carbonyl (C=O) groups is 1. The summed E-state index contributed by atoms with van der Waals surface area (Å²) >= 11 is 7.31. The van der Waals surface area contributed by atoms with Crippen molar-refractivity contribution < 1.29 is 9.53 Å². The smallest absolute Gasteiger partial charge is 0.264 e. The standard InChI is InChI=1S/C19H18ClN3O2S/c1-23(2)14-7-4-12(5-8-14)10-17-18(24)22-19(26-17)21-15-11-13(20)6-9-16(15)25-3/h4-11H,1-3H3,(H,21,22,24)/b17-10-. The number of amidine groups is 1. The number of amides is 1. The van der Waals surface area contributed by atoms with E-state index >= 15 is 0 Å². The Morgan fingerprint density at radius 1 is 1.19 bits per heavy atom. The number of methoxy groups -OCH3 is 1. The van der Waals surface area contributed by atoms with Crippen LogP contribution in [0.1, 0.15) is 5.56 Å². The van der Waals surface area contributed by atoms with Gasteiger partial charge in [-0.1, -0.05) is 23.7 Å². The molecule has 0 radical (unpaired) electrons. The molecule has 134 valence electrons. The van der Waals surface area contributed by atoms with E-state index in [0.717, 1.165) is 11.3 Å². The fourth-order valence-electron chi connectivity index (χ4n) is 2.36. The van der Waals surface area contributed by atoms with E-state index in [-0.39, 0.29) is 5.91 Å². The van der Waals surface area contributed by atoms with E-state index in [1.165, 1.54) is 11.8 Å². The molecule has 0 saturated carbocycles. The predicted molar refractivity (Wildman–Crippen MR) is 110 cm³/mol. The summed E-state index contributed by atoms with van der Waals surface area (Å²) in [6.45, 7) is 0. The van der Waals surface area contributed by atoms with Gasteiger partial charge in [0.05, 0.1) is 12.0 Å². The molecule has 1 heterocycles. The molecule has 1 aliphatic heterocycles. The maximum atomic E-state index is 12.2. The summed E-state index contributed by atoms with van der Waals surface area (Å²) in [7, 11) is 5.54. The number of anilines is 1. The molecule has 0 spiro atoms. The second kappa shape index (κ2) is 7.85. The Kier molecular flexibility index (Phi) is 5.54. The lowest BCUT2D eigenvalue weighted by Crippen LogP contribution is -2.19. The van der Waals surface area contributed by atoms with Crippen molar-refractivity contribution in [1.29, 1.82) is 0 Å². The van der Waals surface area contributed by atoms with Gasteiger partial charge in [0.2, 0.25) is 0 Å². The summed E-state index contributed by atoms with van der Waals surface area (Å²) in [6.07, 6.45) is 1.84. The molecule has 1 saturated heterocycles. The van der Waals surface area contributed by atoms with Gasteiger partial charge in [0.1, 0.15) is 11.4 Å². The minimum Gasteiger partial charge on any atom is -0.494 e. The number of carbonyl (C=O) groups excluding carboxylic acids is 1. The van der Waals surface area contributed by atoms with Crippen molar-refractivity contribution in [3.8, 4) is 5.75 Å².